The summed E-state index contributed by atoms with van der Waals surface area (Å²) in [6.07, 6.45) is -0.502. The summed E-state index contributed by atoms with van der Waals surface area (Å²) in [5, 5.41) is 13.5. The van der Waals surface area contributed by atoms with E-state index < -0.39 is 30.4 Å². The molecule has 9 heteroatoms. The number of benzene rings is 1. The number of aliphatic carboxylic acids is 1. The third-order valence-electron chi connectivity index (χ3n) is 2.42. The lowest BCUT2D eigenvalue weighted by atomic mass is 10.2. The summed E-state index contributed by atoms with van der Waals surface area (Å²) in [7, 11) is 1.43. The van der Waals surface area contributed by atoms with Crippen LogP contribution in [-0.4, -0.2) is 36.2 Å². The molecule has 0 aliphatic heterocycles. The molecular formula is C12H14BrN3O5. The Morgan fingerprint density at radius 1 is 1.43 bits per heavy atom. The Morgan fingerprint density at radius 2 is 2.10 bits per heavy atom. The van der Waals surface area contributed by atoms with Crippen molar-refractivity contribution in [2.24, 2.45) is 5.73 Å². The average molecular weight is 360 g/mol. The summed E-state index contributed by atoms with van der Waals surface area (Å²) in [5.74, 6) is -1.79. The fourth-order valence-corrected chi connectivity index (χ4v) is 1.86. The molecule has 0 aliphatic rings. The van der Waals surface area contributed by atoms with Crippen LogP contribution in [0.1, 0.15) is 6.42 Å². The number of hydrogen-bond donors (Lipinski definition) is 4. The highest BCUT2D eigenvalue weighted by Crippen LogP contribution is 2.27. The van der Waals surface area contributed by atoms with Crippen LogP contribution in [-0.2, 0) is 9.59 Å². The first-order valence-corrected chi connectivity index (χ1v) is 6.55. The van der Waals surface area contributed by atoms with E-state index in [1.54, 1.807) is 18.2 Å². The molecule has 1 atom stereocenters. The molecule has 1 aromatic rings. The molecule has 0 saturated carbocycles. The van der Waals surface area contributed by atoms with Gasteiger partial charge in [0.2, 0.25) is 5.91 Å². The van der Waals surface area contributed by atoms with Gasteiger partial charge in [-0.25, -0.2) is 9.59 Å². The molecule has 0 unspecified atom stereocenters. The molecule has 0 saturated heterocycles. The average Bonchev–Trinajstić information content (AvgIpc) is 2.37. The molecule has 0 aliphatic carbocycles. The molecule has 1 aromatic carbocycles. The van der Waals surface area contributed by atoms with Gasteiger partial charge in [0.15, 0.2) is 0 Å². The molecular weight excluding hydrogens is 346 g/mol. The Hall–Kier alpha value is -2.29. The van der Waals surface area contributed by atoms with E-state index in [1.807, 2.05) is 0 Å². The number of primary amides is 1. The second-order valence-electron chi connectivity index (χ2n) is 4.00. The van der Waals surface area contributed by atoms with Crippen molar-refractivity contribution >= 4 is 39.5 Å². The number of methoxy groups -OCH3 is 1. The van der Waals surface area contributed by atoms with Crippen LogP contribution in [0.3, 0.4) is 0 Å². The van der Waals surface area contributed by atoms with Crippen LogP contribution in [0.4, 0.5) is 10.5 Å². The van der Waals surface area contributed by atoms with Crippen molar-refractivity contribution in [1.29, 1.82) is 0 Å². The number of carboxylic acids is 1. The smallest absolute Gasteiger partial charge is 0.326 e. The van der Waals surface area contributed by atoms with Crippen LogP contribution in [0.15, 0.2) is 22.7 Å². The highest BCUT2D eigenvalue weighted by Gasteiger charge is 2.22. The zero-order valence-corrected chi connectivity index (χ0v) is 12.6. The van der Waals surface area contributed by atoms with Gasteiger partial charge in [0.1, 0.15) is 11.8 Å². The standard InChI is InChI=1S/C12H14BrN3O5/c1-21-9-3-2-6(13)4-7(9)15-12(20)16-8(11(18)19)5-10(14)17/h2-4,8H,5H2,1H3,(H2,14,17)(H,18,19)(H2,15,16,20)/t8-/m0/s1. The first-order chi connectivity index (χ1) is 9.83. The van der Waals surface area contributed by atoms with Crippen molar-refractivity contribution in [2.45, 2.75) is 12.5 Å². The van der Waals surface area contributed by atoms with Crippen molar-refractivity contribution in [2.75, 3.05) is 12.4 Å². The second-order valence-corrected chi connectivity index (χ2v) is 4.92. The molecule has 5 N–H and O–H groups in total. The van der Waals surface area contributed by atoms with Crippen LogP contribution in [0.25, 0.3) is 0 Å². The summed E-state index contributed by atoms with van der Waals surface area (Å²) in [6, 6.07) is 2.73. The Morgan fingerprint density at radius 3 is 2.62 bits per heavy atom. The minimum absolute atomic E-state index is 0.340. The minimum Gasteiger partial charge on any atom is -0.495 e. The molecule has 8 nitrogen and oxygen atoms in total. The topological polar surface area (TPSA) is 131 Å². The van der Waals surface area contributed by atoms with Gasteiger partial charge < -0.3 is 26.2 Å². The number of amides is 3. The predicted octanol–water partition coefficient (Wildman–Crippen LogP) is 0.908. The fourth-order valence-electron chi connectivity index (χ4n) is 1.50. The quantitative estimate of drug-likeness (QED) is 0.599. The Labute approximate surface area is 128 Å². The first-order valence-electron chi connectivity index (χ1n) is 5.75. The van der Waals surface area contributed by atoms with Crippen LogP contribution in [0.2, 0.25) is 0 Å². The maximum Gasteiger partial charge on any atom is 0.326 e. The van der Waals surface area contributed by atoms with Crippen molar-refractivity contribution < 1.29 is 24.2 Å². The molecule has 0 radical (unpaired) electrons. The molecule has 0 fully saturated rings. The first kappa shape index (κ1) is 16.8. The fraction of sp³-hybridized carbons (Fsp3) is 0.250. The number of hydrogen-bond acceptors (Lipinski definition) is 4. The third-order valence-corrected chi connectivity index (χ3v) is 2.91. The number of ether oxygens (including phenoxy) is 1. The van der Waals surface area contributed by atoms with Crippen molar-refractivity contribution in [3.63, 3.8) is 0 Å². The van der Waals surface area contributed by atoms with Gasteiger partial charge in [-0.3, -0.25) is 4.79 Å². The van der Waals surface area contributed by atoms with E-state index in [-0.39, 0.29) is 0 Å². The summed E-state index contributed by atoms with van der Waals surface area (Å²) in [5.41, 5.74) is 5.27. The van der Waals surface area contributed by atoms with Gasteiger partial charge in [0.25, 0.3) is 0 Å². The van der Waals surface area contributed by atoms with E-state index >= 15 is 0 Å². The van der Waals surface area contributed by atoms with E-state index in [2.05, 4.69) is 26.6 Å². The van der Waals surface area contributed by atoms with Gasteiger partial charge in [-0.05, 0) is 18.2 Å². The van der Waals surface area contributed by atoms with Crippen LogP contribution in [0.5, 0.6) is 5.75 Å². The number of urea groups is 1. The largest absolute Gasteiger partial charge is 0.495 e. The van der Waals surface area contributed by atoms with E-state index in [4.69, 9.17) is 15.6 Å². The summed E-state index contributed by atoms with van der Waals surface area (Å²) < 4.78 is 5.76. The molecule has 21 heavy (non-hydrogen) atoms. The van der Waals surface area contributed by atoms with Crippen molar-refractivity contribution in [1.82, 2.24) is 5.32 Å². The van der Waals surface area contributed by atoms with Gasteiger partial charge in [-0.15, -0.1) is 0 Å². The van der Waals surface area contributed by atoms with Gasteiger partial charge in [-0.1, -0.05) is 15.9 Å². The highest BCUT2D eigenvalue weighted by atomic mass is 79.9. The molecule has 0 bridgehead atoms. The number of carboxylic acid groups (broad SMARTS) is 1. The number of halogens is 1. The third kappa shape index (κ3) is 5.30. The van der Waals surface area contributed by atoms with Gasteiger partial charge in [-0.2, -0.15) is 0 Å². The number of nitrogens with one attached hydrogen (secondary N) is 2. The number of rotatable bonds is 6. The molecule has 0 heterocycles. The zero-order chi connectivity index (χ0) is 16.0. The lowest BCUT2D eigenvalue weighted by Crippen LogP contribution is -2.45. The minimum atomic E-state index is -1.40. The van der Waals surface area contributed by atoms with Crippen LogP contribution in [0, 0.1) is 0 Å². The Balaban J connectivity index is 2.78. The monoisotopic (exact) mass is 359 g/mol. The van der Waals surface area contributed by atoms with E-state index in [0.29, 0.717) is 15.9 Å². The maximum atomic E-state index is 11.8. The number of carbonyl (C=O) groups excluding carboxylic acids is 2. The number of anilines is 1. The summed E-state index contributed by atoms with van der Waals surface area (Å²) >= 11 is 3.24. The van der Waals surface area contributed by atoms with Gasteiger partial charge >= 0.3 is 12.0 Å². The number of nitrogens with two attached hydrogens (primary N) is 1. The zero-order valence-electron chi connectivity index (χ0n) is 11.1. The van der Waals surface area contributed by atoms with Gasteiger partial charge in [0.05, 0.1) is 19.2 Å². The van der Waals surface area contributed by atoms with Crippen molar-refractivity contribution in [3.05, 3.63) is 22.7 Å². The van der Waals surface area contributed by atoms with Crippen molar-refractivity contribution in [3.8, 4) is 5.75 Å². The lowest BCUT2D eigenvalue weighted by Gasteiger charge is -2.15. The normalized spacial score (nSPS) is 11.3. The Bertz CT molecular complexity index is 564. The van der Waals surface area contributed by atoms with Gasteiger partial charge in [0, 0.05) is 4.47 Å². The second kappa shape index (κ2) is 7.48. The van der Waals surface area contributed by atoms with E-state index in [9.17, 15) is 14.4 Å². The SMILES string of the molecule is COc1ccc(Br)cc1NC(=O)N[C@@H](CC(N)=O)C(=O)O. The van der Waals surface area contributed by atoms with Crippen LogP contribution < -0.4 is 21.1 Å². The van der Waals surface area contributed by atoms with Crippen LogP contribution >= 0.6 is 15.9 Å². The molecule has 3 amide bonds. The Kier molecular flexibility index (Phi) is 5.97. The molecule has 114 valence electrons. The van der Waals surface area contributed by atoms with E-state index in [0.717, 1.165) is 0 Å². The summed E-state index contributed by atoms with van der Waals surface area (Å²) in [6.45, 7) is 0. The molecule has 0 spiro atoms. The van der Waals surface area contributed by atoms with E-state index in [1.165, 1.54) is 7.11 Å². The predicted molar refractivity (Wildman–Crippen MR) is 78.1 cm³/mol. The highest BCUT2D eigenvalue weighted by molar-refractivity contribution is 9.10. The molecule has 1 rings (SSSR count). The number of carbonyl (C=O) groups is 3. The maximum absolute atomic E-state index is 11.8. The molecule has 0 aromatic heterocycles. The lowest BCUT2D eigenvalue weighted by molar-refractivity contribution is -0.140. The summed E-state index contributed by atoms with van der Waals surface area (Å²) in [4.78, 5) is 33.5.